The minimum atomic E-state index is -1.12. The molecule has 2 aromatic carbocycles. The second kappa shape index (κ2) is 13.6. The number of rotatable bonds is 3. The van der Waals surface area contributed by atoms with E-state index in [1.165, 1.54) is 0 Å². The van der Waals surface area contributed by atoms with Gasteiger partial charge in [-0.25, -0.2) is 0 Å². The summed E-state index contributed by atoms with van der Waals surface area (Å²) in [4.78, 5) is 53.4. The van der Waals surface area contributed by atoms with Crippen molar-refractivity contribution >= 4 is 40.4 Å². The van der Waals surface area contributed by atoms with E-state index in [0.29, 0.717) is 19.3 Å². The molecule has 2 aliphatic rings. The Morgan fingerprint density at radius 3 is 2.33 bits per heavy atom. The average molecular weight is 691 g/mol. The molecule has 0 aliphatic carbocycles. The Hall–Kier alpha value is -2.83. The second-order valence-corrected chi connectivity index (χ2v) is 15.2. The maximum atomic E-state index is 13.5. The first kappa shape index (κ1) is 32.1. The van der Waals surface area contributed by atoms with Crippen LogP contribution in [0.25, 0.3) is 16.8 Å². The van der Waals surface area contributed by atoms with Crippen LogP contribution in [-0.2, 0) is 27.0 Å². The molecular weight excluding hydrogens is 649 g/mol. The second-order valence-electron chi connectivity index (χ2n) is 11.6. The van der Waals surface area contributed by atoms with Crippen molar-refractivity contribution in [1.82, 2.24) is 16.0 Å². The van der Waals surface area contributed by atoms with Crippen molar-refractivity contribution < 1.29 is 48.6 Å². The zero-order valence-electron chi connectivity index (χ0n) is 25.0. The molecule has 0 radical (unpaired) electrons. The van der Waals surface area contributed by atoms with E-state index >= 15 is 0 Å². The van der Waals surface area contributed by atoms with Gasteiger partial charge < -0.3 is 0 Å². The summed E-state index contributed by atoms with van der Waals surface area (Å²) in [6.45, 7) is 8.91. The molecule has 228 valence electrons. The van der Waals surface area contributed by atoms with E-state index in [1.807, 2.05) is 43.3 Å². The third kappa shape index (κ3) is 7.38. The number of Topliss-reactive ketones (excluding diaryl/α,β-unsaturated/α-hetero) is 1. The Bertz CT molecular complexity index is 1380. The fourth-order valence-electron chi connectivity index (χ4n) is 5.35. The summed E-state index contributed by atoms with van der Waals surface area (Å²) in [5.74, 6) is -1.78. The number of nitrogens with one attached hydrogen (secondary N) is 3. The monoisotopic (exact) mass is 690 g/mol. The Balaban J connectivity index is 1.74. The molecule has 2 unspecified atom stereocenters. The van der Waals surface area contributed by atoms with Gasteiger partial charge in [-0.2, -0.15) is 0 Å². The predicted octanol–water partition coefficient (Wildman–Crippen LogP) is 0.605. The minimum absolute atomic E-state index is 0.160. The summed E-state index contributed by atoms with van der Waals surface area (Å²) >= 11 is -1.12. The van der Waals surface area contributed by atoms with Crippen LogP contribution >= 0.6 is 0 Å². The molecule has 5 bridgehead atoms. The van der Waals surface area contributed by atoms with Gasteiger partial charge in [0.05, 0.1) is 0 Å². The molecule has 0 aromatic heterocycles. The molecule has 2 heterocycles. The van der Waals surface area contributed by atoms with Gasteiger partial charge in [-0.3, -0.25) is 0 Å². The number of piperidine rings is 1. The van der Waals surface area contributed by atoms with Gasteiger partial charge >= 0.3 is 259 Å². The van der Waals surface area contributed by atoms with Crippen LogP contribution in [0.3, 0.4) is 0 Å². The van der Waals surface area contributed by atoms with Crippen molar-refractivity contribution in [3.8, 4) is 0 Å². The van der Waals surface area contributed by atoms with Crippen molar-refractivity contribution in [2.24, 2.45) is 5.92 Å². The first-order valence-corrected chi connectivity index (χ1v) is 16.4. The van der Waals surface area contributed by atoms with E-state index in [1.54, 1.807) is 40.9 Å². The summed E-state index contributed by atoms with van der Waals surface area (Å²) in [7, 11) is 1.56. The van der Waals surface area contributed by atoms with E-state index in [-0.39, 0.29) is 23.7 Å². The molecule has 1 saturated heterocycles. The molecular formula is C32H41IN3O6-. The summed E-state index contributed by atoms with van der Waals surface area (Å²) in [6.07, 6.45) is 4.46. The van der Waals surface area contributed by atoms with Crippen LogP contribution < -0.4 is 37.6 Å². The molecule has 10 heteroatoms. The van der Waals surface area contributed by atoms with E-state index < -0.39 is 61.1 Å². The molecule has 2 aromatic rings. The number of carbonyl (C=O) groups is 4. The summed E-state index contributed by atoms with van der Waals surface area (Å²) < 4.78 is 10.3. The van der Waals surface area contributed by atoms with Crippen molar-refractivity contribution in [3.05, 3.63) is 53.6 Å². The Labute approximate surface area is 258 Å². The topological polar surface area (TPSA) is 123 Å². The number of halogens is 1. The van der Waals surface area contributed by atoms with E-state index in [2.05, 4.69) is 22.0 Å². The zero-order chi connectivity index (χ0) is 30.6. The number of benzene rings is 2. The van der Waals surface area contributed by atoms with Gasteiger partial charge in [-0.05, 0) is 0 Å². The Morgan fingerprint density at radius 1 is 0.929 bits per heavy atom. The van der Waals surface area contributed by atoms with Crippen LogP contribution in [0.1, 0.15) is 71.0 Å². The van der Waals surface area contributed by atoms with E-state index in [9.17, 15) is 19.2 Å². The van der Waals surface area contributed by atoms with Gasteiger partial charge in [0.25, 0.3) is 0 Å². The standard InChI is InChI=1S/C32H41IN3O6/c1-18(2)28-30(39)35-20(4)27(37)25-8-7-9-26(36-25)29(38)34-19(3)23-13-12-22-11-10-21(16-24(22)17-23)14-15-32(5,33-41-6)31(40)42-28/h10-20,25-26,28,36H,7-9H2,1-6H3,(H,34,38)(H,35,39)/q-1/b15-14+/t19-,20+,25?,26+,28+,32?/m1/s1. The zero-order valence-corrected chi connectivity index (χ0v) is 27.2. The molecule has 9 nitrogen and oxygen atoms in total. The van der Waals surface area contributed by atoms with Crippen LogP contribution in [0.4, 0.5) is 0 Å². The van der Waals surface area contributed by atoms with Gasteiger partial charge in [0, 0.05) is 0 Å². The Morgan fingerprint density at radius 2 is 1.62 bits per heavy atom. The van der Waals surface area contributed by atoms with Gasteiger partial charge in [-0.1, -0.05) is 0 Å². The van der Waals surface area contributed by atoms with Gasteiger partial charge in [0.15, 0.2) is 0 Å². The molecule has 6 atom stereocenters. The Kier molecular flexibility index (Phi) is 10.4. The number of alkyl halides is 1. The SMILES string of the molecule is CO[I-]C1(C)/C=C/c2ccc3ccc(cc3c2)[C@@H](C)NC(=O)[C@@H]2CCCC(N2)C(=O)[C@H](C)NC(=O)[C@H](C(C)C)OC1=O. The van der Waals surface area contributed by atoms with Crippen molar-refractivity contribution in [3.63, 3.8) is 0 Å². The number of amides is 2. The van der Waals surface area contributed by atoms with Crippen molar-refractivity contribution in [2.45, 2.75) is 87.6 Å². The summed E-state index contributed by atoms with van der Waals surface area (Å²) in [5, 5.41) is 11.1. The number of hydrogen-bond acceptors (Lipinski definition) is 7. The number of ether oxygens (including phenoxy) is 1. The number of esters is 1. The quantitative estimate of drug-likeness (QED) is 0.245. The number of ketones is 1. The van der Waals surface area contributed by atoms with Crippen molar-refractivity contribution in [2.75, 3.05) is 7.11 Å². The molecule has 3 N–H and O–H groups in total. The molecule has 42 heavy (non-hydrogen) atoms. The van der Waals surface area contributed by atoms with Gasteiger partial charge in [-0.15, -0.1) is 0 Å². The summed E-state index contributed by atoms with van der Waals surface area (Å²) in [5.41, 5.74) is 1.85. The normalized spacial score (nSPS) is 30.6. The first-order valence-electron chi connectivity index (χ1n) is 14.5. The molecule has 1 fully saturated rings. The maximum absolute atomic E-state index is 13.5. The number of fused-ring (bicyclic) bond motifs is 4. The van der Waals surface area contributed by atoms with Crippen LogP contribution in [0.15, 0.2) is 42.5 Å². The molecule has 2 aliphatic heterocycles. The van der Waals surface area contributed by atoms with Crippen molar-refractivity contribution in [1.29, 1.82) is 0 Å². The fourth-order valence-corrected chi connectivity index (χ4v) is 6.90. The van der Waals surface area contributed by atoms with Crippen LogP contribution in [-0.4, -0.2) is 58.3 Å². The van der Waals surface area contributed by atoms with Crippen LogP contribution in [0.2, 0.25) is 0 Å². The average Bonchev–Trinajstić information content (AvgIpc) is 2.97. The third-order valence-electron chi connectivity index (χ3n) is 7.90. The summed E-state index contributed by atoms with van der Waals surface area (Å²) in [6, 6.07) is 9.94. The van der Waals surface area contributed by atoms with Crippen LogP contribution in [0.5, 0.6) is 0 Å². The number of hydrogen-bond donors (Lipinski definition) is 3. The fraction of sp³-hybridized carbons (Fsp3) is 0.500. The van der Waals surface area contributed by atoms with E-state index in [0.717, 1.165) is 21.9 Å². The van der Waals surface area contributed by atoms with Gasteiger partial charge in [0.2, 0.25) is 0 Å². The number of carbonyl (C=O) groups excluding carboxylic acids is 4. The van der Waals surface area contributed by atoms with Gasteiger partial charge in [0.1, 0.15) is 0 Å². The van der Waals surface area contributed by atoms with E-state index in [4.69, 9.17) is 7.80 Å². The molecule has 0 saturated carbocycles. The third-order valence-corrected chi connectivity index (χ3v) is 10.1. The molecule has 2 amide bonds. The first-order chi connectivity index (χ1) is 19.9. The van der Waals surface area contributed by atoms with Crippen LogP contribution in [0, 0.1) is 5.92 Å². The number of cyclic esters (lactones) is 1. The molecule has 4 rings (SSSR count). The molecule has 0 spiro atoms. The predicted molar refractivity (Wildman–Crippen MR) is 157 cm³/mol.